The van der Waals surface area contributed by atoms with Crippen LogP contribution in [-0.4, -0.2) is 15.9 Å². The first-order chi connectivity index (χ1) is 12.8. The van der Waals surface area contributed by atoms with Gasteiger partial charge in [-0.1, -0.05) is 72.0 Å². The lowest BCUT2D eigenvalue weighted by Crippen LogP contribution is -2.22. The Bertz CT molecular complexity index is 943. The molecule has 0 fully saturated rings. The average molecular weight is 377 g/mol. The number of benzene rings is 2. The van der Waals surface area contributed by atoms with Gasteiger partial charge in [0.25, 0.3) is 0 Å². The monoisotopic (exact) mass is 377 g/mol. The van der Waals surface area contributed by atoms with E-state index >= 15 is 0 Å². The fraction of sp³-hybridized carbons (Fsp3) is 0.0500. The highest BCUT2D eigenvalue weighted by molar-refractivity contribution is 7.23. The number of nitrogens with one attached hydrogen (secondary N) is 1. The summed E-state index contributed by atoms with van der Waals surface area (Å²) in [4.78, 5) is 23.5. The molecule has 0 aliphatic carbocycles. The number of hydrogen-bond donors (Lipinski definition) is 1. The minimum atomic E-state index is -0.381. The van der Waals surface area contributed by atoms with Gasteiger partial charge in [-0.15, -0.1) is 11.3 Å². The number of nitrogens with zero attached hydrogens (tertiary/aromatic N) is 2. The van der Waals surface area contributed by atoms with Crippen LogP contribution in [0, 0.1) is 0 Å². The van der Waals surface area contributed by atoms with Crippen LogP contribution >= 0.6 is 22.7 Å². The second kappa shape index (κ2) is 7.59. The third-order valence-electron chi connectivity index (χ3n) is 3.94. The van der Waals surface area contributed by atoms with E-state index < -0.39 is 0 Å². The number of amides is 1. The van der Waals surface area contributed by atoms with E-state index in [1.165, 1.54) is 11.3 Å². The van der Waals surface area contributed by atoms with Crippen LogP contribution in [0.15, 0.2) is 78.6 Å². The predicted octanol–water partition coefficient (Wildman–Crippen LogP) is 5.04. The minimum absolute atomic E-state index is 0.0902. The molecule has 6 heteroatoms. The number of carbonyl (C=O) groups excluding carboxylic acids is 1. The molecule has 1 amide bonds. The van der Waals surface area contributed by atoms with Gasteiger partial charge in [-0.2, -0.15) is 0 Å². The highest BCUT2D eigenvalue weighted by Gasteiger charge is 2.23. The molecule has 0 bridgehead atoms. The summed E-state index contributed by atoms with van der Waals surface area (Å²) in [5, 5.41) is 3.57. The average Bonchev–Trinajstić information content (AvgIpc) is 3.35. The smallest absolute Gasteiger partial charge is 0.238 e. The Balaban J connectivity index is 1.61. The molecule has 2 aromatic carbocycles. The van der Waals surface area contributed by atoms with Crippen molar-refractivity contribution in [2.45, 2.75) is 5.92 Å². The molecule has 4 nitrogen and oxygen atoms in total. The highest BCUT2D eigenvalue weighted by atomic mass is 32.1. The SMILES string of the molecule is O=C(Nc1ncc(-c2cncs2)s1)C(c1ccccc1)c1ccccc1. The molecule has 0 atom stereocenters. The number of rotatable bonds is 5. The van der Waals surface area contributed by atoms with Gasteiger partial charge in [-0.3, -0.25) is 9.78 Å². The molecule has 2 heterocycles. The molecule has 1 N–H and O–H groups in total. The Morgan fingerprint density at radius 2 is 1.54 bits per heavy atom. The normalized spacial score (nSPS) is 10.8. The quantitative estimate of drug-likeness (QED) is 0.530. The molecule has 26 heavy (non-hydrogen) atoms. The summed E-state index contributed by atoms with van der Waals surface area (Å²) in [6, 6.07) is 19.6. The van der Waals surface area contributed by atoms with Crippen molar-refractivity contribution in [3.05, 3.63) is 89.7 Å². The summed E-state index contributed by atoms with van der Waals surface area (Å²) in [6.07, 6.45) is 3.58. The van der Waals surface area contributed by atoms with Crippen LogP contribution in [0.3, 0.4) is 0 Å². The van der Waals surface area contributed by atoms with E-state index in [0.29, 0.717) is 5.13 Å². The Kier molecular flexibility index (Phi) is 4.86. The van der Waals surface area contributed by atoms with Crippen molar-refractivity contribution < 1.29 is 4.79 Å². The van der Waals surface area contributed by atoms with Crippen LogP contribution in [0.1, 0.15) is 17.0 Å². The van der Waals surface area contributed by atoms with Crippen molar-refractivity contribution in [1.29, 1.82) is 0 Å². The van der Waals surface area contributed by atoms with Crippen LogP contribution in [0.4, 0.5) is 5.13 Å². The van der Waals surface area contributed by atoms with Gasteiger partial charge in [0.1, 0.15) is 0 Å². The molecule has 0 aliphatic heterocycles. The molecule has 4 aromatic rings. The zero-order valence-electron chi connectivity index (χ0n) is 13.7. The summed E-state index contributed by atoms with van der Waals surface area (Å²) in [5.41, 5.74) is 3.69. The second-order valence-corrected chi connectivity index (χ2v) is 7.56. The van der Waals surface area contributed by atoms with E-state index in [0.717, 1.165) is 20.9 Å². The first kappa shape index (κ1) is 16.6. The van der Waals surface area contributed by atoms with Crippen LogP contribution in [0.2, 0.25) is 0 Å². The van der Waals surface area contributed by atoms with Gasteiger partial charge in [0.15, 0.2) is 5.13 Å². The van der Waals surface area contributed by atoms with E-state index in [1.807, 2.05) is 60.7 Å². The summed E-state index contributed by atoms with van der Waals surface area (Å²) in [7, 11) is 0. The molecule has 0 aliphatic rings. The molecule has 128 valence electrons. The number of anilines is 1. The van der Waals surface area contributed by atoms with Crippen molar-refractivity contribution in [2.75, 3.05) is 5.32 Å². The number of aromatic nitrogens is 2. The number of thiazole rings is 2. The van der Waals surface area contributed by atoms with Gasteiger partial charge in [0.2, 0.25) is 5.91 Å². The van der Waals surface area contributed by atoms with Crippen molar-refractivity contribution in [1.82, 2.24) is 9.97 Å². The largest absolute Gasteiger partial charge is 0.301 e. The Labute approximate surface area is 159 Å². The van der Waals surface area contributed by atoms with E-state index in [2.05, 4.69) is 15.3 Å². The molecule has 0 unspecified atom stereocenters. The fourth-order valence-electron chi connectivity index (χ4n) is 2.75. The maximum atomic E-state index is 13.1. The van der Waals surface area contributed by atoms with Crippen molar-refractivity contribution in [3.63, 3.8) is 0 Å². The predicted molar refractivity (Wildman–Crippen MR) is 107 cm³/mol. The molecule has 0 saturated heterocycles. The third-order valence-corrected chi connectivity index (χ3v) is 5.82. The Morgan fingerprint density at radius 1 is 0.885 bits per heavy atom. The topological polar surface area (TPSA) is 54.9 Å². The summed E-state index contributed by atoms with van der Waals surface area (Å²) in [5.74, 6) is -0.472. The van der Waals surface area contributed by atoms with Gasteiger partial charge in [-0.05, 0) is 11.1 Å². The van der Waals surface area contributed by atoms with Crippen molar-refractivity contribution >= 4 is 33.7 Å². The summed E-state index contributed by atoms with van der Waals surface area (Å²) in [6.45, 7) is 0. The zero-order chi connectivity index (χ0) is 17.8. The minimum Gasteiger partial charge on any atom is -0.301 e. The fourth-order valence-corrected chi connectivity index (χ4v) is 4.27. The van der Waals surface area contributed by atoms with Crippen molar-refractivity contribution in [2.24, 2.45) is 0 Å². The lowest BCUT2D eigenvalue weighted by molar-refractivity contribution is -0.116. The summed E-state index contributed by atoms with van der Waals surface area (Å²) >= 11 is 3.01. The van der Waals surface area contributed by atoms with Gasteiger partial charge in [0, 0.05) is 12.4 Å². The Hall–Kier alpha value is -2.83. The van der Waals surface area contributed by atoms with Gasteiger partial charge >= 0.3 is 0 Å². The van der Waals surface area contributed by atoms with E-state index in [-0.39, 0.29) is 11.8 Å². The van der Waals surface area contributed by atoms with Gasteiger partial charge in [0.05, 0.1) is 21.2 Å². The molecule has 0 radical (unpaired) electrons. The molecular weight excluding hydrogens is 362 g/mol. The third kappa shape index (κ3) is 3.56. The lowest BCUT2D eigenvalue weighted by Gasteiger charge is -2.16. The Morgan fingerprint density at radius 3 is 2.12 bits per heavy atom. The number of hydrogen-bond acceptors (Lipinski definition) is 5. The molecule has 2 aromatic heterocycles. The molecule has 4 rings (SSSR count). The van der Waals surface area contributed by atoms with E-state index in [4.69, 9.17) is 0 Å². The maximum Gasteiger partial charge on any atom is 0.238 e. The first-order valence-electron chi connectivity index (χ1n) is 8.07. The first-order valence-corrected chi connectivity index (χ1v) is 9.76. The van der Waals surface area contributed by atoms with Crippen LogP contribution in [0.25, 0.3) is 9.75 Å². The van der Waals surface area contributed by atoms with Crippen LogP contribution in [0.5, 0.6) is 0 Å². The van der Waals surface area contributed by atoms with Crippen molar-refractivity contribution in [3.8, 4) is 9.75 Å². The van der Waals surface area contributed by atoms with Crippen LogP contribution in [-0.2, 0) is 4.79 Å². The van der Waals surface area contributed by atoms with E-state index in [1.54, 1.807) is 29.2 Å². The van der Waals surface area contributed by atoms with Crippen LogP contribution < -0.4 is 5.32 Å². The molecule has 0 spiro atoms. The lowest BCUT2D eigenvalue weighted by atomic mass is 9.90. The maximum absolute atomic E-state index is 13.1. The van der Waals surface area contributed by atoms with Gasteiger partial charge in [-0.25, -0.2) is 4.98 Å². The van der Waals surface area contributed by atoms with E-state index in [9.17, 15) is 4.79 Å². The second-order valence-electron chi connectivity index (χ2n) is 5.64. The summed E-state index contributed by atoms with van der Waals surface area (Å²) < 4.78 is 0. The zero-order valence-corrected chi connectivity index (χ0v) is 15.3. The van der Waals surface area contributed by atoms with Gasteiger partial charge < -0.3 is 5.32 Å². The standard InChI is InChI=1S/C20H15N3OS2/c24-19(23-20-22-12-17(26-20)16-11-21-13-25-16)18(14-7-3-1-4-8-14)15-9-5-2-6-10-15/h1-13,18H,(H,22,23,24). The highest BCUT2D eigenvalue weighted by Crippen LogP contribution is 2.32. The number of carbonyl (C=O) groups is 1. The molecule has 0 saturated carbocycles. The molecular formula is C20H15N3OS2.